The van der Waals surface area contributed by atoms with Crippen LogP contribution in [0.1, 0.15) is 38.3 Å². The van der Waals surface area contributed by atoms with E-state index in [1.165, 1.54) is 0 Å². The third kappa shape index (κ3) is 5.87. The number of hydrogen-bond donors (Lipinski definition) is 2. The normalized spacial score (nSPS) is 13.6. The second-order valence-corrected chi connectivity index (χ2v) is 5.67. The van der Waals surface area contributed by atoms with Gasteiger partial charge < -0.3 is 10.4 Å². The number of aliphatic carboxylic acids is 1. The summed E-state index contributed by atoms with van der Waals surface area (Å²) >= 11 is 3.39. The molecule has 0 aliphatic heterocycles. The summed E-state index contributed by atoms with van der Waals surface area (Å²) in [5.41, 5.74) is 1.01. The Bertz CT molecular complexity index is 462. The number of carboxylic acid groups (broad SMARTS) is 1. The van der Waals surface area contributed by atoms with Crippen molar-refractivity contribution in [2.45, 2.75) is 32.7 Å². The first kappa shape index (κ1) is 15.7. The fourth-order valence-corrected chi connectivity index (χ4v) is 2.26. The third-order valence-corrected chi connectivity index (χ3v) is 3.28. The molecule has 0 fully saturated rings. The first-order chi connectivity index (χ1) is 8.88. The predicted molar refractivity (Wildman–Crippen MR) is 76.7 cm³/mol. The predicted octanol–water partition coefficient (Wildman–Crippen LogP) is 3.13. The highest BCUT2D eigenvalue weighted by Gasteiger charge is 2.15. The molecule has 5 heteroatoms. The lowest BCUT2D eigenvalue weighted by atomic mass is 10.0. The molecule has 0 aliphatic carbocycles. The van der Waals surface area contributed by atoms with Gasteiger partial charge in [-0.1, -0.05) is 35.0 Å². The summed E-state index contributed by atoms with van der Waals surface area (Å²) in [6, 6.07) is 7.63. The second-order valence-electron chi connectivity index (χ2n) is 4.75. The van der Waals surface area contributed by atoms with Gasteiger partial charge in [0.15, 0.2) is 0 Å². The zero-order chi connectivity index (χ0) is 14.4. The molecule has 1 aromatic rings. The van der Waals surface area contributed by atoms with Crippen LogP contribution in [0.25, 0.3) is 0 Å². The van der Waals surface area contributed by atoms with Gasteiger partial charge in [0.05, 0.1) is 6.04 Å². The van der Waals surface area contributed by atoms with Crippen molar-refractivity contribution in [1.82, 2.24) is 5.32 Å². The Morgan fingerprint density at radius 1 is 1.32 bits per heavy atom. The van der Waals surface area contributed by atoms with Crippen molar-refractivity contribution >= 4 is 27.8 Å². The average Bonchev–Trinajstić information content (AvgIpc) is 2.27. The van der Waals surface area contributed by atoms with E-state index >= 15 is 0 Å². The van der Waals surface area contributed by atoms with Crippen LogP contribution in [0.15, 0.2) is 28.7 Å². The van der Waals surface area contributed by atoms with E-state index < -0.39 is 5.97 Å². The standard InChI is InChI=1S/C14H18BrNO3/c1-9(7-14(18)19)6-13(17)16-10(2)11-4-3-5-12(15)8-11/h3-5,8-10H,6-7H2,1-2H3,(H,16,17)(H,18,19). The summed E-state index contributed by atoms with van der Waals surface area (Å²) in [6.45, 7) is 3.67. The summed E-state index contributed by atoms with van der Waals surface area (Å²) in [5, 5.41) is 11.5. The van der Waals surface area contributed by atoms with Gasteiger partial charge >= 0.3 is 5.97 Å². The first-order valence-corrected chi connectivity index (χ1v) is 6.94. The van der Waals surface area contributed by atoms with Gasteiger partial charge in [0, 0.05) is 17.3 Å². The van der Waals surface area contributed by atoms with Gasteiger partial charge in [0.1, 0.15) is 0 Å². The average molecular weight is 328 g/mol. The van der Waals surface area contributed by atoms with E-state index in [0.29, 0.717) is 0 Å². The molecule has 104 valence electrons. The van der Waals surface area contributed by atoms with Gasteiger partial charge in [-0.05, 0) is 30.5 Å². The Labute approximate surface area is 121 Å². The van der Waals surface area contributed by atoms with Gasteiger partial charge in [-0.2, -0.15) is 0 Å². The molecule has 19 heavy (non-hydrogen) atoms. The molecule has 0 bridgehead atoms. The third-order valence-electron chi connectivity index (χ3n) is 2.78. The monoisotopic (exact) mass is 327 g/mol. The van der Waals surface area contributed by atoms with Crippen LogP contribution in [0.4, 0.5) is 0 Å². The van der Waals surface area contributed by atoms with Gasteiger partial charge in [-0.25, -0.2) is 0 Å². The molecule has 0 aliphatic rings. The van der Waals surface area contributed by atoms with E-state index in [1.54, 1.807) is 6.92 Å². The van der Waals surface area contributed by atoms with E-state index in [0.717, 1.165) is 10.0 Å². The molecule has 0 saturated heterocycles. The fourth-order valence-electron chi connectivity index (χ4n) is 1.85. The number of carboxylic acids is 1. The van der Waals surface area contributed by atoms with Crippen LogP contribution >= 0.6 is 15.9 Å². The summed E-state index contributed by atoms with van der Waals surface area (Å²) in [4.78, 5) is 22.3. The first-order valence-electron chi connectivity index (χ1n) is 6.15. The molecule has 4 nitrogen and oxygen atoms in total. The molecular weight excluding hydrogens is 310 g/mol. The number of benzene rings is 1. The Kier molecular flexibility index (Phi) is 6.02. The van der Waals surface area contributed by atoms with Crippen LogP contribution < -0.4 is 5.32 Å². The molecule has 2 N–H and O–H groups in total. The van der Waals surface area contributed by atoms with Crippen LogP contribution in [0.2, 0.25) is 0 Å². The van der Waals surface area contributed by atoms with Crippen LogP contribution in [0, 0.1) is 5.92 Å². The topological polar surface area (TPSA) is 66.4 Å². The van der Waals surface area contributed by atoms with E-state index in [2.05, 4.69) is 21.2 Å². The van der Waals surface area contributed by atoms with Crippen molar-refractivity contribution in [3.63, 3.8) is 0 Å². The molecule has 0 spiro atoms. The molecule has 2 atom stereocenters. The van der Waals surface area contributed by atoms with Crippen LogP contribution in [-0.2, 0) is 9.59 Å². The van der Waals surface area contributed by atoms with E-state index in [4.69, 9.17) is 5.11 Å². The van der Waals surface area contributed by atoms with E-state index in [1.807, 2.05) is 31.2 Å². The summed E-state index contributed by atoms with van der Waals surface area (Å²) < 4.78 is 0.963. The Morgan fingerprint density at radius 3 is 2.58 bits per heavy atom. The van der Waals surface area contributed by atoms with E-state index in [-0.39, 0.29) is 30.7 Å². The maximum absolute atomic E-state index is 11.8. The number of carbonyl (C=O) groups excluding carboxylic acids is 1. The lowest BCUT2D eigenvalue weighted by Gasteiger charge is -2.16. The number of amides is 1. The van der Waals surface area contributed by atoms with Crippen molar-refractivity contribution in [2.24, 2.45) is 5.92 Å². The van der Waals surface area contributed by atoms with E-state index in [9.17, 15) is 9.59 Å². The fraction of sp³-hybridized carbons (Fsp3) is 0.429. The lowest BCUT2D eigenvalue weighted by Crippen LogP contribution is -2.28. The van der Waals surface area contributed by atoms with Crippen molar-refractivity contribution in [3.05, 3.63) is 34.3 Å². The molecule has 0 saturated carbocycles. The lowest BCUT2D eigenvalue weighted by molar-refractivity contribution is -0.138. The Balaban J connectivity index is 2.50. The number of carbonyl (C=O) groups is 2. The molecular formula is C14H18BrNO3. The summed E-state index contributed by atoms with van der Waals surface area (Å²) in [7, 11) is 0. The molecule has 1 amide bonds. The number of hydrogen-bond acceptors (Lipinski definition) is 2. The highest BCUT2D eigenvalue weighted by molar-refractivity contribution is 9.10. The Morgan fingerprint density at radius 2 is 2.00 bits per heavy atom. The quantitative estimate of drug-likeness (QED) is 0.843. The number of nitrogens with one attached hydrogen (secondary N) is 1. The van der Waals surface area contributed by atoms with Crippen molar-refractivity contribution in [2.75, 3.05) is 0 Å². The highest BCUT2D eigenvalue weighted by atomic mass is 79.9. The van der Waals surface area contributed by atoms with Crippen molar-refractivity contribution in [1.29, 1.82) is 0 Å². The maximum atomic E-state index is 11.8. The zero-order valence-electron chi connectivity index (χ0n) is 11.0. The molecule has 2 unspecified atom stereocenters. The zero-order valence-corrected chi connectivity index (χ0v) is 12.6. The SMILES string of the molecule is CC(CC(=O)O)CC(=O)NC(C)c1cccc(Br)c1. The molecule has 0 heterocycles. The van der Waals surface area contributed by atoms with Crippen LogP contribution in [0.3, 0.4) is 0 Å². The van der Waals surface area contributed by atoms with Crippen molar-refractivity contribution < 1.29 is 14.7 Å². The molecule has 1 rings (SSSR count). The van der Waals surface area contributed by atoms with Gasteiger partial charge in [0.2, 0.25) is 5.91 Å². The van der Waals surface area contributed by atoms with Gasteiger partial charge in [-0.15, -0.1) is 0 Å². The molecule has 0 radical (unpaired) electrons. The minimum absolute atomic E-state index is 0.0126. The number of halogens is 1. The van der Waals surface area contributed by atoms with Crippen molar-refractivity contribution in [3.8, 4) is 0 Å². The maximum Gasteiger partial charge on any atom is 0.303 e. The summed E-state index contributed by atoms with van der Waals surface area (Å²) in [5.74, 6) is -1.16. The largest absolute Gasteiger partial charge is 0.481 e. The number of rotatable bonds is 6. The van der Waals surface area contributed by atoms with Gasteiger partial charge in [-0.3, -0.25) is 9.59 Å². The highest BCUT2D eigenvalue weighted by Crippen LogP contribution is 2.18. The smallest absolute Gasteiger partial charge is 0.303 e. The van der Waals surface area contributed by atoms with Crippen LogP contribution in [0.5, 0.6) is 0 Å². The summed E-state index contributed by atoms with van der Waals surface area (Å²) in [6.07, 6.45) is 0.239. The molecule has 0 aromatic heterocycles. The second kappa shape index (κ2) is 7.28. The minimum Gasteiger partial charge on any atom is -0.481 e. The minimum atomic E-state index is -0.875. The van der Waals surface area contributed by atoms with Crippen LogP contribution in [-0.4, -0.2) is 17.0 Å². The molecule has 1 aromatic carbocycles. The Hall–Kier alpha value is -1.36. The van der Waals surface area contributed by atoms with Gasteiger partial charge in [0.25, 0.3) is 0 Å².